The second-order valence-electron chi connectivity index (χ2n) is 6.94. The number of hydrogen-bond acceptors (Lipinski definition) is 4. The van der Waals surface area contributed by atoms with Gasteiger partial charge in [0.25, 0.3) is 0 Å². The average Bonchev–Trinajstić information content (AvgIpc) is 3.20. The molecule has 0 aromatic heterocycles. The zero-order valence-electron chi connectivity index (χ0n) is 15.4. The Labute approximate surface area is 172 Å². The van der Waals surface area contributed by atoms with Gasteiger partial charge in [0.2, 0.25) is 6.23 Å². The van der Waals surface area contributed by atoms with Gasteiger partial charge in [0.05, 0.1) is 18.9 Å². The first-order chi connectivity index (χ1) is 13.7. The van der Waals surface area contributed by atoms with Crippen LogP contribution < -0.4 is 9.47 Å². The Kier molecular flexibility index (Phi) is 4.32. The lowest BCUT2D eigenvalue weighted by atomic mass is 9.96. The van der Waals surface area contributed by atoms with E-state index in [1.54, 1.807) is 7.11 Å². The maximum atomic E-state index is 6.40. The van der Waals surface area contributed by atoms with Gasteiger partial charge in [-0.1, -0.05) is 46.3 Å². The Bertz CT molecular complexity index is 1030. The molecule has 140 valence electrons. The molecule has 5 heteroatoms. The van der Waals surface area contributed by atoms with Crippen LogP contribution in [0, 0.1) is 0 Å². The lowest BCUT2D eigenvalue weighted by Gasteiger charge is -2.38. The number of nitrogens with zero attached hydrogens (tertiary/aromatic N) is 2. The summed E-state index contributed by atoms with van der Waals surface area (Å²) in [7, 11) is 1.67. The van der Waals surface area contributed by atoms with Gasteiger partial charge in [-0.3, -0.25) is 0 Å². The summed E-state index contributed by atoms with van der Waals surface area (Å²) in [5, 5.41) is 7.08. The van der Waals surface area contributed by atoms with Crippen molar-refractivity contribution in [2.45, 2.75) is 18.7 Å². The Morgan fingerprint density at radius 3 is 2.57 bits per heavy atom. The van der Waals surface area contributed by atoms with Crippen LogP contribution in [0.25, 0.3) is 0 Å². The van der Waals surface area contributed by atoms with E-state index in [-0.39, 0.29) is 12.3 Å². The number of fused-ring (bicyclic) bond motifs is 3. The summed E-state index contributed by atoms with van der Waals surface area (Å²) < 4.78 is 12.7. The molecular formula is C23H19BrN2O2. The third-order valence-corrected chi connectivity index (χ3v) is 5.75. The summed E-state index contributed by atoms with van der Waals surface area (Å²) in [5.74, 6) is 1.74. The van der Waals surface area contributed by atoms with Crippen molar-refractivity contribution in [3.05, 3.63) is 94.0 Å². The highest BCUT2D eigenvalue weighted by Gasteiger charge is 2.41. The smallest absolute Gasteiger partial charge is 0.213 e. The molecule has 28 heavy (non-hydrogen) atoms. The molecule has 3 aromatic carbocycles. The van der Waals surface area contributed by atoms with E-state index in [2.05, 4.69) is 51.3 Å². The number of hydrogen-bond donors (Lipinski definition) is 0. The lowest BCUT2D eigenvalue weighted by Crippen LogP contribution is -2.33. The maximum absolute atomic E-state index is 6.40. The van der Waals surface area contributed by atoms with Crippen LogP contribution in [0.5, 0.6) is 11.5 Å². The highest BCUT2D eigenvalue weighted by atomic mass is 79.9. The standard InChI is InChI=1S/C23H19BrN2O2/c1-27-18-10-7-16(8-11-18)23-26-21(19-13-17(24)9-12-22(19)28-23)14-20(25-26)15-5-3-2-4-6-15/h2-13,21,23H,14H2,1H3/t21-,23-/m1/s1. The minimum absolute atomic E-state index is 0.142. The summed E-state index contributed by atoms with van der Waals surface area (Å²) in [6.07, 6.45) is 0.578. The second kappa shape index (κ2) is 6.99. The van der Waals surface area contributed by atoms with E-state index in [0.717, 1.165) is 44.8 Å². The molecule has 0 saturated heterocycles. The van der Waals surface area contributed by atoms with Gasteiger partial charge >= 0.3 is 0 Å². The van der Waals surface area contributed by atoms with Gasteiger partial charge in [-0.05, 0) is 48.0 Å². The molecule has 0 amide bonds. The van der Waals surface area contributed by atoms with Crippen molar-refractivity contribution < 1.29 is 9.47 Å². The van der Waals surface area contributed by atoms with Gasteiger partial charge in [-0.25, -0.2) is 5.01 Å². The molecule has 0 N–H and O–H groups in total. The lowest BCUT2D eigenvalue weighted by molar-refractivity contribution is -0.0191. The monoisotopic (exact) mass is 434 g/mol. The van der Waals surface area contributed by atoms with Crippen LogP contribution in [0.1, 0.15) is 35.4 Å². The van der Waals surface area contributed by atoms with Crippen LogP contribution in [0.2, 0.25) is 0 Å². The zero-order chi connectivity index (χ0) is 19.1. The summed E-state index contributed by atoms with van der Waals surface area (Å²) in [4.78, 5) is 0. The first-order valence-corrected chi connectivity index (χ1v) is 10.0. The molecule has 0 spiro atoms. The van der Waals surface area contributed by atoms with E-state index in [0.29, 0.717) is 0 Å². The molecule has 3 aromatic rings. The SMILES string of the molecule is COc1ccc([C@H]2Oc3ccc(Br)cc3[C@H]3CC(c4ccccc4)=NN32)cc1. The Hall–Kier alpha value is -2.79. The third kappa shape index (κ3) is 2.96. The minimum atomic E-state index is -0.272. The van der Waals surface area contributed by atoms with Crippen LogP contribution in [0.3, 0.4) is 0 Å². The predicted molar refractivity (Wildman–Crippen MR) is 113 cm³/mol. The van der Waals surface area contributed by atoms with Crippen LogP contribution in [0.4, 0.5) is 0 Å². The van der Waals surface area contributed by atoms with E-state index in [1.165, 1.54) is 0 Å². The first-order valence-electron chi connectivity index (χ1n) is 9.24. The molecular weight excluding hydrogens is 416 g/mol. The largest absolute Gasteiger partial charge is 0.497 e. The van der Waals surface area contributed by atoms with Crippen molar-refractivity contribution in [3.63, 3.8) is 0 Å². The molecule has 2 heterocycles. The fourth-order valence-corrected chi connectivity index (χ4v) is 4.23. The van der Waals surface area contributed by atoms with E-state index in [9.17, 15) is 0 Å². The van der Waals surface area contributed by atoms with Gasteiger partial charge in [-0.2, -0.15) is 5.10 Å². The number of halogens is 1. The van der Waals surface area contributed by atoms with Crippen molar-refractivity contribution >= 4 is 21.6 Å². The van der Waals surface area contributed by atoms with Gasteiger partial charge in [0, 0.05) is 22.0 Å². The van der Waals surface area contributed by atoms with Crippen LogP contribution >= 0.6 is 15.9 Å². The highest BCUT2D eigenvalue weighted by molar-refractivity contribution is 9.10. The average molecular weight is 435 g/mol. The van der Waals surface area contributed by atoms with Crippen molar-refractivity contribution in [1.29, 1.82) is 0 Å². The molecule has 0 aliphatic carbocycles. The van der Waals surface area contributed by atoms with Crippen LogP contribution in [0.15, 0.2) is 82.4 Å². The number of hydrazone groups is 1. The molecule has 2 atom stereocenters. The topological polar surface area (TPSA) is 34.1 Å². The fraction of sp³-hybridized carbons (Fsp3) is 0.174. The quantitative estimate of drug-likeness (QED) is 0.529. The van der Waals surface area contributed by atoms with Gasteiger partial charge in [-0.15, -0.1) is 0 Å². The first kappa shape index (κ1) is 17.3. The Balaban J connectivity index is 1.59. The van der Waals surface area contributed by atoms with Crippen molar-refractivity contribution in [2.75, 3.05) is 7.11 Å². The molecule has 5 rings (SSSR count). The predicted octanol–water partition coefficient (Wildman–Crippen LogP) is 5.70. The Morgan fingerprint density at radius 1 is 1.04 bits per heavy atom. The summed E-state index contributed by atoms with van der Waals surface area (Å²) in [6.45, 7) is 0. The maximum Gasteiger partial charge on any atom is 0.213 e. The van der Waals surface area contributed by atoms with E-state index < -0.39 is 0 Å². The number of methoxy groups -OCH3 is 1. The molecule has 4 nitrogen and oxygen atoms in total. The second-order valence-corrected chi connectivity index (χ2v) is 7.85. The number of ether oxygens (including phenoxy) is 2. The highest BCUT2D eigenvalue weighted by Crippen LogP contribution is 2.48. The minimum Gasteiger partial charge on any atom is -0.497 e. The van der Waals surface area contributed by atoms with Gasteiger partial charge in [0.15, 0.2) is 0 Å². The summed E-state index contributed by atoms with van der Waals surface area (Å²) in [6, 6.07) is 24.7. The van der Waals surface area contributed by atoms with Gasteiger partial charge < -0.3 is 9.47 Å². The van der Waals surface area contributed by atoms with Crippen molar-refractivity contribution in [1.82, 2.24) is 5.01 Å². The van der Waals surface area contributed by atoms with E-state index in [1.807, 2.05) is 42.5 Å². The molecule has 0 saturated carbocycles. The molecule has 0 radical (unpaired) electrons. The normalized spacial score (nSPS) is 20.1. The van der Waals surface area contributed by atoms with E-state index in [4.69, 9.17) is 14.6 Å². The van der Waals surface area contributed by atoms with Gasteiger partial charge in [0.1, 0.15) is 11.5 Å². The Morgan fingerprint density at radius 2 is 1.82 bits per heavy atom. The molecule has 2 aliphatic heterocycles. The van der Waals surface area contributed by atoms with Crippen LogP contribution in [-0.4, -0.2) is 17.8 Å². The zero-order valence-corrected chi connectivity index (χ0v) is 17.0. The van der Waals surface area contributed by atoms with Crippen molar-refractivity contribution in [3.8, 4) is 11.5 Å². The van der Waals surface area contributed by atoms with E-state index >= 15 is 0 Å². The summed E-state index contributed by atoms with van der Waals surface area (Å²) >= 11 is 3.60. The fourth-order valence-electron chi connectivity index (χ4n) is 3.85. The molecule has 0 bridgehead atoms. The molecule has 0 unspecified atom stereocenters. The molecule has 0 fully saturated rings. The van der Waals surface area contributed by atoms with Crippen LogP contribution in [-0.2, 0) is 0 Å². The molecule has 2 aliphatic rings. The third-order valence-electron chi connectivity index (χ3n) is 5.26. The number of rotatable bonds is 3. The van der Waals surface area contributed by atoms with Crippen molar-refractivity contribution in [2.24, 2.45) is 5.10 Å². The summed E-state index contributed by atoms with van der Waals surface area (Å²) in [5.41, 5.74) is 4.45. The number of benzene rings is 3.